The van der Waals surface area contributed by atoms with E-state index < -0.39 is 23.8 Å². The van der Waals surface area contributed by atoms with E-state index in [9.17, 15) is 14.9 Å². The zero-order valence-electron chi connectivity index (χ0n) is 21.4. The number of unbranched alkanes of at least 4 members (excludes halogenated alkanes) is 4. The SMILES string of the molecule is CCCCC1=[C]([Sn]([CH2]CCC)([CH2]CCC)[CH2]CCC)C1(C(=O)OC)c1ccc([N+](=O)[O-])cc1. The predicted octanol–water partition coefficient (Wildman–Crippen LogP) is 7.89. The third kappa shape index (κ3) is 5.83. The molecule has 0 radical (unpaired) electrons. The van der Waals surface area contributed by atoms with Crippen LogP contribution in [0.5, 0.6) is 0 Å². The molecule has 2 rings (SSSR count). The molecule has 33 heavy (non-hydrogen) atoms. The molecule has 184 valence electrons. The molecule has 0 fully saturated rings. The number of nitro benzene ring substituents is 1. The van der Waals surface area contributed by atoms with Gasteiger partial charge in [-0.25, -0.2) is 0 Å². The molecule has 1 aliphatic rings. The molecule has 0 heterocycles. The molecule has 0 saturated carbocycles. The minimum atomic E-state index is -2.90. The van der Waals surface area contributed by atoms with Crippen LogP contribution in [-0.2, 0) is 14.9 Å². The summed E-state index contributed by atoms with van der Waals surface area (Å²) in [5.41, 5.74) is 1.49. The van der Waals surface area contributed by atoms with Crippen molar-refractivity contribution in [1.82, 2.24) is 0 Å². The summed E-state index contributed by atoms with van der Waals surface area (Å²) in [6.07, 6.45) is 10.3. The van der Waals surface area contributed by atoms with Gasteiger partial charge in [0.25, 0.3) is 0 Å². The molecule has 1 atom stereocenters. The van der Waals surface area contributed by atoms with E-state index in [1.807, 2.05) is 12.1 Å². The molecular weight excluding hydrogens is 521 g/mol. The van der Waals surface area contributed by atoms with Gasteiger partial charge in [-0.2, -0.15) is 0 Å². The molecule has 0 amide bonds. The minimum absolute atomic E-state index is 0.0637. The summed E-state index contributed by atoms with van der Waals surface area (Å²) in [6.45, 7) is 8.98. The number of rotatable bonds is 16. The predicted molar refractivity (Wildman–Crippen MR) is 138 cm³/mol. The van der Waals surface area contributed by atoms with Gasteiger partial charge in [-0.1, -0.05) is 0 Å². The first-order valence-electron chi connectivity index (χ1n) is 13.0. The average molecular weight is 564 g/mol. The van der Waals surface area contributed by atoms with Crippen LogP contribution in [0.3, 0.4) is 0 Å². The Labute approximate surface area is 204 Å². The monoisotopic (exact) mass is 565 g/mol. The first kappa shape index (κ1) is 27.9. The molecule has 0 aromatic heterocycles. The number of hydrogen-bond donors (Lipinski definition) is 0. The maximum absolute atomic E-state index is 13.6. The van der Waals surface area contributed by atoms with E-state index in [1.54, 1.807) is 12.1 Å². The Balaban J connectivity index is 2.69. The number of hydrogen-bond acceptors (Lipinski definition) is 4. The number of benzene rings is 1. The Morgan fingerprint density at radius 2 is 1.39 bits per heavy atom. The number of nitro groups is 1. The van der Waals surface area contributed by atoms with Gasteiger partial charge in [0.2, 0.25) is 0 Å². The third-order valence-corrected chi connectivity index (χ3v) is 23.6. The van der Waals surface area contributed by atoms with Crippen LogP contribution in [0.25, 0.3) is 0 Å². The Morgan fingerprint density at radius 1 is 0.909 bits per heavy atom. The number of carbonyl (C=O) groups is 1. The fourth-order valence-corrected chi connectivity index (χ4v) is 24.7. The number of esters is 1. The van der Waals surface area contributed by atoms with E-state index in [0.29, 0.717) is 0 Å². The van der Waals surface area contributed by atoms with Gasteiger partial charge in [0.1, 0.15) is 0 Å². The quantitative estimate of drug-likeness (QED) is 0.0886. The number of methoxy groups -OCH3 is 1. The van der Waals surface area contributed by atoms with Crippen molar-refractivity contribution in [2.45, 2.75) is 104 Å². The van der Waals surface area contributed by atoms with E-state index in [-0.39, 0.29) is 16.6 Å². The van der Waals surface area contributed by atoms with Crippen molar-refractivity contribution >= 4 is 30.0 Å². The second kappa shape index (κ2) is 12.9. The Morgan fingerprint density at radius 3 is 1.79 bits per heavy atom. The fourth-order valence-electron chi connectivity index (χ4n) is 5.66. The van der Waals surface area contributed by atoms with Gasteiger partial charge in [0, 0.05) is 0 Å². The van der Waals surface area contributed by atoms with Gasteiger partial charge in [0.05, 0.1) is 0 Å². The molecule has 6 heteroatoms. The summed E-state index contributed by atoms with van der Waals surface area (Å²) >= 11 is -2.90. The summed E-state index contributed by atoms with van der Waals surface area (Å²) in [5, 5.41) is 11.3. The molecule has 1 aliphatic carbocycles. The van der Waals surface area contributed by atoms with E-state index >= 15 is 0 Å². The zero-order chi connectivity index (χ0) is 24.5. The number of carbonyl (C=O) groups excluding carboxylic acids is 1. The maximum atomic E-state index is 13.6. The number of ether oxygens (including phenoxy) is 1. The summed E-state index contributed by atoms with van der Waals surface area (Å²) < 4.78 is 10.8. The Kier molecular flexibility index (Phi) is 10.9. The first-order chi connectivity index (χ1) is 15.9. The van der Waals surface area contributed by atoms with Crippen molar-refractivity contribution < 1.29 is 14.5 Å². The molecule has 0 N–H and O–H groups in total. The fraction of sp³-hybridized carbons (Fsp3) is 0.667. The van der Waals surface area contributed by atoms with Crippen molar-refractivity contribution in [3.8, 4) is 0 Å². The van der Waals surface area contributed by atoms with Crippen LogP contribution < -0.4 is 0 Å². The van der Waals surface area contributed by atoms with E-state index in [4.69, 9.17) is 4.74 Å². The Hall–Kier alpha value is -1.37. The summed E-state index contributed by atoms with van der Waals surface area (Å²) in [7, 11) is 1.49. The summed E-state index contributed by atoms with van der Waals surface area (Å²) in [6, 6.07) is 6.72. The second-order valence-electron chi connectivity index (χ2n) is 9.59. The van der Waals surface area contributed by atoms with Crippen LogP contribution in [0.2, 0.25) is 13.3 Å². The van der Waals surface area contributed by atoms with Gasteiger partial charge < -0.3 is 0 Å². The molecule has 0 spiro atoms. The summed E-state index contributed by atoms with van der Waals surface area (Å²) in [5.74, 6) is -0.178. The molecule has 1 unspecified atom stereocenters. The van der Waals surface area contributed by atoms with Crippen molar-refractivity contribution in [3.63, 3.8) is 0 Å². The van der Waals surface area contributed by atoms with Crippen molar-refractivity contribution in [1.29, 1.82) is 0 Å². The Bertz CT molecular complexity index is 811. The van der Waals surface area contributed by atoms with Crippen molar-refractivity contribution in [2.75, 3.05) is 7.11 Å². The molecule has 5 nitrogen and oxygen atoms in total. The normalized spacial score (nSPS) is 17.8. The molecule has 1 aromatic rings. The van der Waals surface area contributed by atoms with E-state index in [2.05, 4.69) is 27.7 Å². The zero-order valence-corrected chi connectivity index (χ0v) is 24.2. The van der Waals surface area contributed by atoms with Crippen LogP contribution >= 0.6 is 0 Å². The third-order valence-electron chi connectivity index (χ3n) is 7.41. The summed E-state index contributed by atoms with van der Waals surface area (Å²) in [4.78, 5) is 24.5. The number of non-ortho nitro benzene ring substituents is 1. The van der Waals surface area contributed by atoms with Crippen molar-refractivity contribution in [2.24, 2.45) is 0 Å². The van der Waals surface area contributed by atoms with Gasteiger partial charge in [0.15, 0.2) is 0 Å². The van der Waals surface area contributed by atoms with Crippen LogP contribution in [-0.4, -0.2) is 36.4 Å². The van der Waals surface area contributed by atoms with Crippen molar-refractivity contribution in [3.05, 3.63) is 49.1 Å². The molecule has 0 aliphatic heterocycles. The molecule has 1 aromatic carbocycles. The van der Waals surface area contributed by atoms with Gasteiger partial charge in [-0.3, -0.25) is 0 Å². The van der Waals surface area contributed by atoms with Crippen LogP contribution in [0.1, 0.15) is 91.0 Å². The van der Waals surface area contributed by atoms with Crippen LogP contribution in [0.15, 0.2) is 33.4 Å². The van der Waals surface area contributed by atoms with Crippen LogP contribution in [0.4, 0.5) is 5.69 Å². The molecule has 0 saturated heterocycles. The van der Waals surface area contributed by atoms with Crippen LogP contribution in [0, 0.1) is 10.1 Å². The molecular formula is C27H43NO4Sn. The standard InChI is InChI=1S/C15H16NO4.3C4H9.Sn/c1-3-4-5-12-10-15(12,14(17)20-2)11-6-8-13(9-7-11)16(18)19;3*1-3-4-2;/h6-9H,3-5H2,1-2H3;3*1,3-4H2,2H3;. The van der Waals surface area contributed by atoms with Gasteiger partial charge in [-0.05, 0) is 0 Å². The number of nitrogens with zero attached hydrogens (tertiary/aromatic N) is 1. The van der Waals surface area contributed by atoms with E-state index in [1.165, 1.54) is 68.1 Å². The van der Waals surface area contributed by atoms with Gasteiger partial charge in [-0.15, -0.1) is 0 Å². The molecule has 0 bridgehead atoms. The first-order valence-corrected chi connectivity index (χ1v) is 20.5. The topological polar surface area (TPSA) is 69.4 Å². The second-order valence-corrected chi connectivity index (χ2v) is 22.6. The van der Waals surface area contributed by atoms with Gasteiger partial charge >= 0.3 is 205 Å². The average Bonchev–Trinajstić information content (AvgIpc) is 3.52. The van der Waals surface area contributed by atoms with E-state index in [0.717, 1.165) is 24.8 Å².